The molecule has 0 aliphatic rings. The fraction of sp³-hybridized carbons (Fsp3) is 0.429. The predicted octanol–water partition coefficient (Wildman–Crippen LogP) is 8.49. The predicted molar refractivity (Wildman–Crippen MR) is 141 cm³/mol. The number of phenolic OH excluding ortho intramolecular Hbond substituents is 2. The Bertz CT molecular complexity index is 893. The van der Waals surface area contributed by atoms with Crippen molar-refractivity contribution in [3.8, 4) is 17.2 Å². The summed E-state index contributed by atoms with van der Waals surface area (Å²) < 4.78 is 6.73. The highest BCUT2D eigenvalue weighted by Crippen LogP contribution is 2.42. The second-order valence-corrected chi connectivity index (χ2v) is 15.3. The zero-order chi connectivity index (χ0) is 24.1. The molecule has 32 heavy (non-hydrogen) atoms. The number of benzene rings is 2. The summed E-state index contributed by atoms with van der Waals surface area (Å²) in [7, 11) is -1.97. The molecule has 2 aromatic carbocycles. The van der Waals surface area contributed by atoms with E-state index in [0.717, 1.165) is 16.9 Å². The van der Waals surface area contributed by atoms with Gasteiger partial charge in [0.05, 0.1) is 5.56 Å². The van der Waals surface area contributed by atoms with E-state index in [-0.39, 0.29) is 11.5 Å². The van der Waals surface area contributed by atoms with Crippen LogP contribution < -0.4 is 4.43 Å². The Labute approximate surface area is 195 Å². The highest BCUT2D eigenvalue weighted by molar-refractivity contribution is 6.78. The molecule has 0 radical (unpaired) electrons. The molecule has 0 spiro atoms. The first kappa shape index (κ1) is 25.8. The summed E-state index contributed by atoms with van der Waals surface area (Å²) in [5.41, 5.74) is 3.81. The lowest BCUT2D eigenvalue weighted by molar-refractivity contribution is 0.448. The first-order chi connectivity index (χ1) is 15.0. The van der Waals surface area contributed by atoms with Crippen LogP contribution in [0.4, 0.5) is 0 Å². The van der Waals surface area contributed by atoms with Gasteiger partial charge in [-0.05, 0) is 57.9 Å². The summed E-state index contributed by atoms with van der Waals surface area (Å²) in [6.45, 7) is 17.8. The first-order valence-corrected chi connectivity index (χ1v) is 13.8. The normalized spacial score (nSPS) is 12.9. The van der Waals surface area contributed by atoms with E-state index in [1.54, 1.807) is 18.2 Å². The van der Waals surface area contributed by atoms with Crippen molar-refractivity contribution in [3.05, 3.63) is 59.2 Å². The highest BCUT2D eigenvalue weighted by Gasteiger charge is 2.46. The van der Waals surface area contributed by atoms with Crippen LogP contribution in [-0.2, 0) is 0 Å². The lowest BCUT2D eigenvalue weighted by Gasteiger charge is -2.42. The molecule has 3 nitrogen and oxygen atoms in total. The quantitative estimate of drug-likeness (QED) is 0.296. The molecule has 0 atom stereocenters. The van der Waals surface area contributed by atoms with Gasteiger partial charge in [-0.25, -0.2) is 0 Å². The average Bonchev–Trinajstić information content (AvgIpc) is 2.69. The highest BCUT2D eigenvalue weighted by atomic mass is 28.4. The van der Waals surface area contributed by atoms with Gasteiger partial charge in [-0.1, -0.05) is 91.8 Å². The summed E-state index contributed by atoms with van der Waals surface area (Å²) in [6, 6.07) is 11.5. The molecule has 0 bridgehead atoms. The van der Waals surface area contributed by atoms with Gasteiger partial charge in [0.1, 0.15) is 17.2 Å². The van der Waals surface area contributed by atoms with Crippen LogP contribution in [0.3, 0.4) is 0 Å². The van der Waals surface area contributed by atoms with Crippen molar-refractivity contribution in [1.82, 2.24) is 0 Å². The molecule has 2 N–H and O–H groups in total. The second kappa shape index (κ2) is 10.9. The Kier molecular flexibility index (Phi) is 8.79. The van der Waals surface area contributed by atoms with Crippen LogP contribution in [0.5, 0.6) is 17.2 Å². The van der Waals surface area contributed by atoms with E-state index < -0.39 is 8.32 Å². The van der Waals surface area contributed by atoms with Crippen molar-refractivity contribution in [2.45, 2.75) is 72.0 Å². The first-order valence-electron chi connectivity index (χ1n) is 11.7. The van der Waals surface area contributed by atoms with Gasteiger partial charge in [-0.3, -0.25) is 0 Å². The Morgan fingerprint density at radius 2 is 1.16 bits per heavy atom. The van der Waals surface area contributed by atoms with Crippen molar-refractivity contribution in [3.63, 3.8) is 0 Å². The Morgan fingerprint density at radius 3 is 1.59 bits per heavy atom. The van der Waals surface area contributed by atoms with Crippen molar-refractivity contribution in [1.29, 1.82) is 0 Å². The van der Waals surface area contributed by atoms with Crippen molar-refractivity contribution in [2.24, 2.45) is 5.92 Å². The number of allylic oxidation sites excluding steroid dienone is 1. The van der Waals surface area contributed by atoms with Crippen LogP contribution in [0.1, 0.15) is 72.1 Å². The summed E-state index contributed by atoms with van der Waals surface area (Å²) >= 11 is 0. The summed E-state index contributed by atoms with van der Waals surface area (Å²) in [5.74, 6) is 1.42. The third-order valence-corrected chi connectivity index (χ3v) is 12.2. The largest absolute Gasteiger partial charge is 0.543 e. The minimum atomic E-state index is -1.97. The van der Waals surface area contributed by atoms with Gasteiger partial charge in [0.15, 0.2) is 0 Å². The summed E-state index contributed by atoms with van der Waals surface area (Å²) in [6.07, 6.45) is 7.57. The van der Waals surface area contributed by atoms with E-state index >= 15 is 0 Å². The molecule has 174 valence electrons. The van der Waals surface area contributed by atoms with Gasteiger partial charge in [0.2, 0.25) is 0 Å². The minimum Gasteiger partial charge on any atom is -0.543 e. The standard InChI is InChI=1S/C28H40O3Si/c1-19(2)9-16-26-27(29)17-24(18-28(26)30)11-10-23-12-14-25(15-13-23)31-32(20(3)4,21(5)6)22(7)8/h9-22,29-30H,1-8H3/b11-10+,16-9+. The molecule has 2 rings (SSSR count). The topological polar surface area (TPSA) is 49.7 Å². The van der Waals surface area contributed by atoms with Crippen LogP contribution in [-0.4, -0.2) is 18.5 Å². The maximum atomic E-state index is 10.3. The van der Waals surface area contributed by atoms with Crippen LogP contribution in [0.2, 0.25) is 16.6 Å². The van der Waals surface area contributed by atoms with Crippen molar-refractivity contribution >= 4 is 26.5 Å². The van der Waals surface area contributed by atoms with E-state index in [1.165, 1.54) is 0 Å². The molecule has 0 aromatic heterocycles. The molecule has 2 aromatic rings. The lowest BCUT2D eigenvalue weighted by atomic mass is 10.1. The zero-order valence-corrected chi connectivity index (χ0v) is 21.9. The second-order valence-electron chi connectivity index (χ2n) is 9.90. The van der Waals surface area contributed by atoms with E-state index in [2.05, 4.69) is 55.4 Å². The number of phenols is 2. The fourth-order valence-electron chi connectivity index (χ4n) is 4.60. The molecule has 0 fully saturated rings. The van der Waals surface area contributed by atoms with Gasteiger partial charge in [0, 0.05) is 0 Å². The smallest absolute Gasteiger partial charge is 0.258 e. The number of hydrogen-bond acceptors (Lipinski definition) is 3. The van der Waals surface area contributed by atoms with Crippen LogP contribution in [0.15, 0.2) is 42.5 Å². The Hall–Kier alpha value is -2.46. The van der Waals surface area contributed by atoms with E-state index in [4.69, 9.17) is 4.43 Å². The van der Waals surface area contributed by atoms with Gasteiger partial charge in [0.25, 0.3) is 8.32 Å². The van der Waals surface area contributed by atoms with Crippen molar-refractivity contribution in [2.75, 3.05) is 0 Å². The van der Waals surface area contributed by atoms with Crippen LogP contribution in [0.25, 0.3) is 18.2 Å². The maximum Gasteiger partial charge on any atom is 0.258 e. The monoisotopic (exact) mass is 452 g/mol. The molecule has 0 unspecified atom stereocenters. The minimum absolute atomic E-state index is 0.0719. The molecule has 0 aliphatic carbocycles. The molecule has 0 aliphatic heterocycles. The maximum absolute atomic E-state index is 10.3. The van der Waals surface area contributed by atoms with Gasteiger partial charge in [-0.15, -0.1) is 0 Å². The molecular weight excluding hydrogens is 412 g/mol. The average molecular weight is 453 g/mol. The number of hydrogen-bond donors (Lipinski definition) is 2. The third-order valence-electron chi connectivity index (χ3n) is 6.16. The molecule has 0 heterocycles. The Morgan fingerprint density at radius 1 is 0.688 bits per heavy atom. The van der Waals surface area contributed by atoms with Gasteiger partial charge >= 0.3 is 0 Å². The molecule has 0 amide bonds. The third kappa shape index (κ3) is 6.07. The van der Waals surface area contributed by atoms with E-state index in [0.29, 0.717) is 28.1 Å². The Balaban J connectivity index is 2.21. The van der Waals surface area contributed by atoms with Gasteiger partial charge in [-0.2, -0.15) is 0 Å². The molecule has 0 saturated carbocycles. The lowest BCUT2D eigenvalue weighted by Crippen LogP contribution is -2.50. The van der Waals surface area contributed by atoms with Gasteiger partial charge < -0.3 is 14.6 Å². The number of aromatic hydroxyl groups is 2. The molecule has 0 saturated heterocycles. The van der Waals surface area contributed by atoms with Crippen LogP contribution >= 0.6 is 0 Å². The SMILES string of the molecule is CC(C)/C=C/c1c(O)cc(/C=C/c2ccc(O[Si](C(C)C)(C(C)C)C(C)C)cc2)cc1O. The van der Waals surface area contributed by atoms with Crippen molar-refractivity contribution < 1.29 is 14.6 Å². The van der Waals surface area contributed by atoms with E-state index in [9.17, 15) is 10.2 Å². The summed E-state index contributed by atoms with van der Waals surface area (Å²) in [5, 5.41) is 20.6. The number of rotatable bonds is 9. The summed E-state index contributed by atoms with van der Waals surface area (Å²) in [4.78, 5) is 0. The fourth-order valence-corrected chi connectivity index (χ4v) is 9.85. The molecule has 4 heteroatoms. The van der Waals surface area contributed by atoms with Crippen LogP contribution in [0, 0.1) is 5.92 Å². The zero-order valence-electron chi connectivity index (χ0n) is 20.9. The molecular formula is C28H40O3Si. The van der Waals surface area contributed by atoms with E-state index in [1.807, 2.05) is 42.5 Å².